The number of aryl methyl sites for hydroxylation is 1. The minimum Gasteiger partial charge on any atom is -0.478 e. The molecule has 0 aliphatic carbocycles. The molecule has 0 radical (unpaired) electrons. The van der Waals surface area contributed by atoms with Gasteiger partial charge in [0.1, 0.15) is 0 Å². The van der Waals surface area contributed by atoms with Gasteiger partial charge in [-0.05, 0) is 37.1 Å². The van der Waals surface area contributed by atoms with Gasteiger partial charge in [0, 0.05) is 12.2 Å². The SMILES string of the molecule is C#CCN(CCC)C(=O)Nc1ccc(C(=O)O)cc1C. The van der Waals surface area contributed by atoms with Crippen LogP contribution >= 0.6 is 0 Å². The highest BCUT2D eigenvalue weighted by Gasteiger charge is 2.13. The van der Waals surface area contributed by atoms with Gasteiger partial charge in [0.25, 0.3) is 0 Å². The van der Waals surface area contributed by atoms with E-state index in [1.165, 1.54) is 17.0 Å². The van der Waals surface area contributed by atoms with Gasteiger partial charge < -0.3 is 15.3 Å². The smallest absolute Gasteiger partial charge is 0.335 e. The van der Waals surface area contributed by atoms with Crippen LogP contribution in [0, 0.1) is 19.3 Å². The molecular weight excluding hydrogens is 256 g/mol. The van der Waals surface area contributed by atoms with E-state index in [-0.39, 0.29) is 18.1 Å². The number of urea groups is 1. The summed E-state index contributed by atoms with van der Waals surface area (Å²) in [5, 5.41) is 11.6. The summed E-state index contributed by atoms with van der Waals surface area (Å²) in [7, 11) is 0. The molecule has 1 rings (SSSR count). The number of carbonyl (C=O) groups excluding carboxylic acids is 1. The number of carboxylic acids is 1. The lowest BCUT2D eigenvalue weighted by atomic mass is 10.1. The molecule has 0 atom stereocenters. The number of nitrogens with zero attached hydrogens (tertiary/aromatic N) is 1. The Bertz CT molecular complexity index is 547. The summed E-state index contributed by atoms with van der Waals surface area (Å²) in [5.74, 6) is 1.45. The predicted octanol–water partition coefficient (Wildman–Crippen LogP) is 2.57. The van der Waals surface area contributed by atoms with Crippen molar-refractivity contribution in [1.82, 2.24) is 4.90 Å². The highest BCUT2D eigenvalue weighted by atomic mass is 16.4. The van der Waals surface area contributed by atoms with Crippen LogP contribution in [0.15, 0.2) is 18.2 Å². The van der Waals surface area contributed by atoms with Gasteiger partial charge in [-0.15, -0.1) is 6.42 Å². The molecular formula is C15H18N2O3. The van der Waals surface area contributed by atoms with E-state index in [1.54, 1.807) is 13.0 Å². The first-order valence-electron chi connectivity index (χ1n) is 6.33. The molecule has 0 fully saturated rings. The number of benzene rings is 1. The van der Waals surface area contributed by atoms with Gasteiger partial charge in [0.15, 0.2) is 0 Å². The van der Waals surface area contributed by atoms with Crippen LogP contribution in [-0.4, -0.2) is 35.1 Å². The van der Waals surface area contributed by atoms with Crippen molar-refractivity contribution in [2.45, 2.75) is 20.3 Å². The molecule has 0 spiro atoms. The number of carbonyl (C=O) groups is 2. The Morgan fingerprint density at radius 1 is 1.45 bits per heavy atom. The quantitative estimate of drug-likeness (QED) is 0.811. The summed E-state index contributed by atoms with van der Waals surface area (Å²) in [6, 6.07) is 4.27. The molecule has 1 aromatic rings. The molecule has 0 aromatic heterocycles. The predicted molar refractivity (Wildman–Crippen MR) is 77.9 cm³/mol. The summed E-state index contributed by atoms with van der Waals surface area (Å²) < 4.78 is 0. The van der Waals surface area contributed by atoms with Crippen LogP contribution < -0.4 is 5.32 Å². The molecule has 0 bridgehead atoms. The van der Waals surface area contributed by atoms with E-state index in [2.05, 4.69) is 11.2 Å². The number of terminal acetylenes is 1. The average Bonchev–Trinajstić information content (AvgIpc) is 2.40. The van der Waals surface area contributed by atoms with Crippen LogP contribution in [0.2, 0.25) is 0 Å². The monoisotopic (exact) mass is 274 g/mol. The Labute approximate surface area is 118 Å². The minimum absolute atomic E-state index is 0.189. The van der Waals surface area contributed by atoms with E-state index in [0.29, 0.717) is 17.8 Å². The van der Waals surface area contributed by atoms with Gasteiger partial charge in [-0.2, -0.15) is 0 Å². The Balaban J connectivity index is 2.84. The second-order valence-electron chi connectivity index (χ2n) is 4.39. The Morgan fingerprint density at radius 3 is 2.65 bits per heavy atom. The van der Waals surface area contributed by atoms with Crippen molar-refractivity contribution < 1.29 is 14.7 Å². The molecule has 0 saturated heterocycles. The number of rotatable bonds is 5. The fraction of sp³-hybridized carbons (Fsp3) is 0.333. The van der Waals surface area contributed by atoms with Crippen LogP contribution in [0.4, 0.5) is 10.5 Å². The lowest BCUT2D eigenvalue weighted by Crippen LogP contribution is -2.36. The summed E-state index contributed by atoms with van der Waals surface area (Å²) in [4.78, 5) is 24.4. The summed E-state index contributed by atoms with van der Waals surface area (Å²) in [5.41, 5.74) is 1.46. The molecule has 5 nitrogen and oxygen atoms in total. The third-order valence-corrected chi connectivity index (χ3v) is 2.78. The molecule has 0 unspecified atom stereocenters. The van der Waals surface area contributed by atoms with E-state index < -0.39 is 5.97 Å². The number of hydrogen-bond donors (Lipinski definition) is 2. The second kappa shape index (κ2) is 7.19. The molecule has 0 aliphatic rings. The first-order valence-corrected chi connectivity index (χ1v) is 6.33. The lowest BCUT2D eigenvalue weighted by Gasteiger charge is -2.20. The number of carboxylic acid groups (broad SMARTS) is 1. The van der Waals surface area contributed by atoms with Crippen LogP contribution in [0.1, 0.15) is 29.3 Å². The number of amides is 2. The van der Waals surface area contributed by atoms with Crippen molar-refractivity contribution in [2.75, 3.05) is 18.4 Å². The molecule has 2 N–H and O–H groups in total. The summed E-state index contributed by atoms with van der Waals surface area (Å²) >= 11 is 0. The van der Waals surface area contributed by atoms with E-state index >= 15 is 0 Å². The lowest BCUT2D eigenvalue weighted by molar-refractivity contribution is 0.0697. The highest BCUT2D eigenvalue weighted by Crippen LogP contribution is 2.17. The van der Waals surface area contributed by atoms with Gasteiger partial charge in [-0.1, -0.05) is 12.8 Å². The fourth-order valence-corrected chi connectivity index (χ4v) is 1.76. The van der Waals surface area contributed by atoms with E-state index in [0.717, 1.165) is 6.42 Å². The van der Waals surface area contributed by atoms with Crippen molar-refractivity contribution in [2.24, 2.45) is 0 Å². The maximum atomic E-state index is 12.1. The minimum atomic E-state index is -0.995. The van der Waals surface area contributed by atoms with Crippen molar-refractivity contribution in [3.63, 3.8) is 0 Å². The number of hydrogen-bond acceptors (Lipinski definition) is 2. The van der Waals surface area contributed by atoms with E-state index in [9.17, 15) is 9.59 Å². The maximum absolute atomic E-state index is 12.1. The van der Waals surface area contributed by atoms with Gasteiger partial charge in [-0.25, -0.2) is 9.59 Å². The number of aromatic carboxylic acids is 1. The molecule has 0 saturated carbocycles. The van der Waals surface area contributed by atoms with Crippen LogP contribution in [0.25, 0.3) is 0 Å². The molecule has 20 heavy (non-hydrogen) atoms. The Morgan fingerprint density at radius 2 is 2.15 bits per heavy atom. The first-order chi connectivity index (χ1) is 9.49. The molecule has 1 aromatic carbocycles. The van der Waals surface area contributed by atoms with Gasteiger partial charge in [0.05, 0.1) is 12.1 Å². The molecule has 0 aliphatic heterocycles. The Kier molecular flexibility index (Phi) is 5.60. The number of nitrogens with one attached hydrogen (secondary N) is 1. The zero-order chi connectivity index (χ0) is 15.1. The average molecular weight is 274 g/mol. The van der Waals surface area contributed by atoms with Crippen LogP contribution in [-0.2, 0) is 0 Å². The molecule has 2 amide bonds. The standard InChI is InChI=1S/C15H18N2O3/c1-4-8-17(9-5-2)15(20)16-13-7-6-12(14(18)19)10-11(13)3/h1,6-7,10H,5,8-9H2,2-3H3,(H,16,20)(H,18,19). The summed E-state index contributed by atoms with van der Waals surface area (Å²) in [6.07, 6.45) is 6.05. The van der Waals surface area contributed by atoms with Crippen LogP contribution in [0.3, 0.4) is 0 Å². The van der Waals surface area contributed by atoms with Gasteiger partial charge in [-0.3, -0.25) is 0 Å². The van der Waals surface area contributed by atoms with Crippen molar-refractivity contribution in [1.29, 1.82) is 0 Å². The van der Waals surface area contributed by atoms with E-state index in [4.69, 9.17) is 11.5 Å². The van der Waals surface area contributed by atoms with Crippen molar-refractivity contribution >= 4 is 17.7 Å². The van der Waals surface area contributed by atoms with Crippen molar-refractivity contribution in [3.8, 4) is 12.3 Å². The molecule has 0 heterocycles. The van der Waals surface area contributed by atoms with Gasteiger partial charge in [0.2, 0.25) is 0 Å². The highest BCUT2D eigenvalue weighted by molar-refractivity contribution is 5.92. The fourth-order valence-electron chi connectivity index (χ4n) is 1.76. The molecule has 106 valence electrons. The van der Waals surface area contributed by atoms with Crippen molar-refractivity contribution in [3.05, 3.63) is 29.3 Å². The van der Waals surface area contributed by atoms with Crippen LogP contribution in [0.5, 0.6) is 0 Å². The van der Waals surface area contributed by atoms with Gasteiger partial charge >= 0.3 is 12.0 Å². The maximum Gasteiger partial charge on any atom is 0.335 e. The van der Waals surface area contributed by atoms with E-state index in [1.807, 2.05) is 6.92 Å². The summed E-state index contributed by atoms with van der Waals surface area (Å²) in [6.45, 7) is 4.52. The topological polar surface area (TPSA) is 69.6 Å². The molecule has 5 heteroatoms. The number of anilines is 1. The largest absolute Gasteiger partial charge is 0.478 e. The zero-order valence-corrected chi connectivity index (χ0v) is 11.6. The second-order valence-corrected chi connectivity index (χ2v) is 4.39. The Hall–Kier alpha value is -2.48. The third kappa shape index (κ3) is 4.02. The normalized spacial score (nSPS) is 9.65. The zero-order valence-electron chi connectivity index (χ0n) is 11.6. The third-order valence-electron chi connectivity index (χ3n) is 2.78. The first kappa shape index (κ1) is 15.6.